The summed E-state index contributed by atoms with van der Waals surface area (Å²) in [5, 5.41) is 30.3. The molecule has 0 radical (unpaired) electrons. The Morgan fingerprint density at radius 2 is 2.00 bits per heavy atom. The highest BCUT2D eigenvalue weighted by Crippen LogP contribution is 2.30. The quantitative estimate of drug-likeness (QED) is 0.309. The summed E-state index contributed by atoms with van der Waals surface area (Å²) in [5.41, 5.74) is 9.35. The van der Waals surface area contributed by atoms with E-state index in [0.29, 0.717) is 29.3 Å². The second kappa shape index (κ2) is 8.65. The molecule has 0 fully saturated rings. The third-order valence-corrected chi connectivity index (χ3v) is 5.03. The normalized spacial score (nSPS) is 10.9. The monoisotopic (exact) mass is 432 g/mol. The van der Waals surface area contributed by atoms with Crippen molar-refractivity contribution in [3.8, 4) is 17.3 Å². The number of pyridine rings is 1. The molecule has 0 bridgehead atoms. The van der Waals surface area contributed by atoms with Crippen LogP contribution in [0.15, 0.2) is 48.7 Å². The number of rotatable bonds is 7. The molecule has 0 saturated carbocycles. The maximum absolute atomic E-state index is 11.8. The van der Waals surface area contributed by atoms with Crippen LogP contribution in [-0.2, 0) is 6.54 Å². The van der Waals surface area contributed by atoms with Gasteiger partial charge in [-0.2, -0.15) is 0 Å². The van der Waals surface area contributed by atoms with Crippen LogP contribution in [-0.4, -0.2) is 49.8 Å². The van der Waals surface area contributed by atoms with E-state index < -0.39 is 13.0 Å². The van der Waals surface area contributed by atoms with E-state index in [4.69, 9.17) is 10.5 Å². The number of hydrogen-bond acceptors (Lipinski definition) is 8. The van der Waals surface area contributed by atoms with E-state index >= 15 is 0 Å². The Labute approximate surface area is 183 Å². The Balaban J connectivity index is 1.72. The number of aryl methyl sites for hydroxylation is 1. The number of aromatic nitrogens is 4. The van der Waals surface area contributed by atoms with Gasteiger partial charge >= 0.3 is 7.12 Å². The lowest BCUT2D eigenvalue weighted by Crippen LogP contribution is -2.30. The van der Waals surface area contributed by atoms with Crippen LogP contribution in [0.1, 0.15) is 21.6 Å². The van der Waals surface area contributed by atoms with Gasteiger partial charge in [0.05, 0.1) is 12.6 Å². The number of nitrogens with two attached hydrogens (primary N) is 1. The van der Waals surface area contributed by atoms with Gasteiger partial charge in [-0.15, -0.1) is 10.2 Å². The summed E-state index contributed by atoms with van der Waals surface area (Å²) in [5.74, 6) is 0.404. The first-order chi connectivity index (χ1) is 15.4. The number of methoxy groups -OCH3 is 1. The van der Waals surface area contributed by atoms with Gasteiger partial charge in [0.1, 0.15) is 5.69 Å². The van der Waals surface area contributed by atoms with E-state index in [-0.39, 0.29) is 5.88 Å². The minimum atomic E-state index is -1.55. The third-order valence-electron chi connectivity index (χ3n) is 5.03. The number of anilines is 1. The van der Waals surface area contributed by atoms with Gasteiger partial charge in [0.2, 0.25) is 0 Å². The molecule has 10 nitrogen and oxygen atoms in total. The molecule has 32 heavy (non-hydrogen) atoms. The summed E-state index contributed by atoms with van der Waals surface area (Å²) >= 11 is 0. The van der Waals surface area contributed by atoms with Crippen molar-refractivity contribution in [2.45, 2.75) is 13.5 Å². The van der Waals surface area contributed by atoms with Crippen molar-refractivity contribution in [2.24, 2.45) is 5.73 Å². The molecule has 0 spiro atoms. The van der Waals surface area contributed by atoms with Crippen molar-refractivity contribution in [1.82, 2.24) is 19.6 Å². The van der Waals surface area contributed by atoms with Gasteiger partial charge in [-0.05, 0) is 35.6 Å². The van der Waals surface area contributed by atoms with Crippen LogP contribution in [0.3, 0.4) is 0 Å². The number of nitrogens with zero attached hydrogens (tertiary/aromatic N) is 4. The van der Waals surface area contributed by atoms with Crippen molar-refractivity contribution < 1.29 is 19.6 Å². The topological polar surface area (TPSA) is 148 Å². The lowest BCUT2D eigenvalue weighted by Gasteiger charge is -2.11. The van der Waals surface area contributed by atoms with Gasteiger partial charge in [0, 0.05) is 18.3 Å². The average molecular weight is 432 g/mol. The molecule has 1 aromatic carbocycles. The first kappa shape index (κ1) is 21.3. The van der Waals surface area contributed by atoms with Gasteiger partial charge in [0.25, 0.3) is 11.8 Å². The summed E-state index contributed by atoms with van der Waals surface area (Å²) in [7, 11) is -0.0783. The molecule has 5 N–H and O–H groups in total. The smallest absolute Gasteiger partial charge is 0.477 e. The van der Waals surface area contributed by atoms with E-state index in [9.17, 15) is 14.8 Å². The van der Waals surface area contributed by atoms with Crippen molar-refractivity contribution in [2.75, 3.05) is 12.4 Å². The van der Waals surface area contributed by atoms with Crippen LogP contribution in [0.2, 0.25) is 0 Å². The van der Waals surface area contributed by atoms with Crippen molar-refractivity contribution in [1.29, 1.82) is 0 Å². The fraction of sp³-hybridized carbons (Fsp3) is 0.143. The number of carbonyl (C=O) groups is 1. The Bertz CT molecular complexity index is 1310. The molecular weight excluding hydrogens is 411 g/mol. The number of hydrogen-bond donors (Lipinski definition) is 4. The van der Waals surface area contributed by atoms with Gasteiger partial charge in [0.15, 0.2) is 11.6 Å². The van der Waals surface area contributed by atoms with Crippen LogP contribution < -0.4 is 21.3 Å². The maximum Gasteiger partial charge on any atom is 0.488 e. The molecule has 1 amide bonds. The van der Waals surface area contributed by atoms with Crippen LogP contribution in [0.5, 0.6) is 5.88 Å². The highest BCUT2D eigenvalue weighted by molar-refractivity contribution is 6.58. The molecule has 3 heterocycles. The molecule has 4 rings (SSSR count). The first-order valence-electron chi connectivity index (χ1n) is 9.77. The van der Waals surface area contributed by atoms with Crippen LogP contribution >= 0.6 is 0 Å². The summed E-state index contributed by atoms with van der Waals surface area (Å²) in [6.07, 6.45) is 1.80. The van der Waals surface area contributed by atoms with E-state index in [0.717, 1.165) is 22.2 Å². The van der Waals surface area contributed by atoms with Crippen molar-refractivity contribution >= 4 is 29.8 Å². The lowest BCUT2D eigenvalue weighted by molar-refractivity contribution is 0.0994. The Hall–Kier alpha value is -3.96. The SMILES string of the molecule is COc1nnc(-c2c(C)cn3c(C(N)=O)cccc23)nc1NCc1cccc(B(O)O)c1. The summed E-state index contributed by atoms with van der Waals surface area (Å²) in [4.78, 5) is 16.4. The lowest BCUT2D eigenvalue weighted by atomic mass is 9.80. The number of primary amides is 1. The van der Waals surface area contributed by atoms with Crippen molar-refractivity contribution in [3.05, 3.63) is 65.5 Å². The number of nitrogens with one attached hydrogen (secondary N) is 1. The van der Waals surface area contributed by atoms with E-state index in [1.807, 2.05) is 19.1 Å². The average Bonchev–Trinajstić information content (AvgIpc) is 3.13. The minimum absolute atomic E-state index is 0.214. The predicted molar refractivity (Wildman–Crippen MR) is 120 cm³/mol. The second-order valence-corrected chi connectivity index (χ2v) is 7.18. The fourth-order valence-corrected chi connectivity index (χ4v) is 3.54. The zero-order chi connectivity index (χ0) is 22.8. The summed E-state index contributed by atoms with van der Waals surface area (Å²) in [6, 6.07) is 12.1. The molecule has 0 aliphatic carbocycles. The van der Waals surface area contributed by atoms with E-state index in [1.54, 1.807) is 40.9 Å². The molecule has 0 saturated heterocycles. The largest absolute Gasteiger partial charge is 0.488 e. The van der Waals surface area contributed by atoms with Crippen LogP contribution in [0, 0.1) is 6.92 Å². The molecule has 0 aliphatic rings. The number of ether oxygens (including phenoxy) is 1. The number of amides is 1. The Kier molecular flexibility index (Phi) is 5.76. The Morgan fingerprint density at radius 3 is 2.72 bits per heavy atom. The molecule has 3 aromatic heterocycles. The highest BCUT2D eigenvalue weighted by atomic mass is 16.5. The highest BCUT2D eigenvalue weighted by Gasteiger charge is 2.19. The zero-order valence-corrected chi connectivity index (χ0v) is 17.5. The predicted octanol–water partition coefficient (Wildman–Crippen LogP) is 0.499. The molecule has 0 atom stereocenters. The molecule has 11 heteroatoms. The van der Waals surface area contributed by atoms with Gasteiger partial charge < -0.3 is 30.2 Å². The molecular formula is C21H21BN6O4. The van der Waals surface area contributed by atoms with Crippen molar-refractivity contribution in [3.63, 3.8) is 0 Å². The number of fused-ring (bicyclic) bond motifs is 1. The van der Waals surface area contributed by atoms with Crippen LogP contribution in [0.4, 0.5) is 5.82 Å². The second-order valence-electron chi connectivity index (χ2n) is 7.18. The third kappa shape index (κ3) is 3.98. The minimum Gasteiger partial charge on any atom is -0.477 e. The first-order valence-corrected chi connectivity index (χ1v) is 9.77. The maximum atomic E-state index is 11.8. The van der Waals surface area contributed by atoms with E-state index in [1.165, 1.54) is 7.11 Å². The van der Waals surface area contributed by atoms with Gasteiger partial charge in [-0.1, -0.05) is 30.3 Å². The number of benzene rings is 1. The van der Waals surface area contributed by atoms with Gasteiger partial charge in [-0.25, -0.2) is 4.98 Å². The van der Waals surface area contributed by atoms with E-state index in [2.05, 4.69) is 20.5 Å². The molecule has 0 unspecified atom stereocenters. The summed E-state index contributed by atoms with van der Waals surface area (Å²) < 4.78 is 7.00. The number of carbonyl (C=O) groups excluding carboxylic acids is 1. The fourth-order valence-electron chi connectivity index (χ4n) is 3.54. The molecule has 0 aliphatic heterocycles. The van der Waals surface area contributed by atoms with Gasteiger partial charge in [-0.3, -0.25) is 4.79 Å². The molecule has 4 aromatic rings. The standard InChI is InChI=1S/C21H21BN6O4/c1-12-11-28-15(7-4-8-16(28)18(23)29)17(12)19-25-20(21(32-2)27-26-19)24-10-13-5-3-6-14(9-13)22(30)31/h3-9,11,30-31H,10H2,1-2H3,(H2,23,29)(H,24,25,26). The molecule has 162 valence electrons. The Morgan fingerprint density at radius 1 is 1.22 bits per heavy atom. The summed E-state index contributed by atoms with van der Waals surface area (Å²) in [6.45, 7) is 2.23. The van der Waals surface area contributed by atoms with Crippen LogP contribution in [0.25, 0.3) is 16.9 Å². The zero-order valence-electron chi connectivity index (χ0n) is 17.5.